The van der Waals surface area contributed by atoms with Crippen molar-refractivity contribution in [3.05, 3.63) is 115 Å². The van der Waals surface area contributed by atoms with Gasteiger partial charge in [0.2, 0.25) is 0 Å². The monoisotopic (exact) mass is 1010 g/mol. The standard InChI is InChI=1S/C33H52N4O2.C28H38N2O4.B/c1-31(2,3)27-13-23-17-34-21-33(7,8)22-35-18-24-14-28(32(4,5)6)16-26(30(24)39)20-37-11-9-36(10-12-37)19-25(15-27)29(23)38;1-27(2,3)23-11-19(25(33)21(13-23)17-31)15-29-7-9-30(10-8-29)16-20-12-24(28(4,5)6)14-22(18-32)26(20)34;/h13-16,34-35,38-39H,9-12,17-22H2,1-8H3;11-14,17-18,33-34H,7-10,15-16H2,1-6H3;. The maximum absolute atomic E-state index is 11.5. The molecule has 0 atom stereocenters. The van der Waals surface area contributed by atoms with Gasteiger partial charge in [-0.25, -0.2) is 0 Å². The number of aromatic hydroxyl groups is 4. The molecule has 74 heavy (non-hydrogen) atoms. The van der Waals surface area contributed by atoms with E-state index < -0.39 is 0 Å². The first-order valence-corrected chi connectivity index (χ1v) is 26.6. The zero-order valence-electron chi connectivity index (χ0n) is 47.6. The maximum atomic E-state index is 11.5. The van der Waals surface area contributed by atoms with Gasteiger partial charge < -0.3 is 31.1 Å². The van der Waals surface area contributed by atoms with E-state index in [1.165, 1.54) is 11.1 Å². The summed E-state index contributed by atoms with van der Waals surface area (Å²) in [6.07, 6.45) is 1.44. The lowest BCUT2D eigenvalue weighted by molar-refractivity contribution is 0.110. The largest absolute Gasteiger partial charge is 0.507 e. The van der Waals surface area contributed by atoms with Crippen molar-refractivity contribution >= 4 is 21.0 Å². The quantitative estimate of drug-likeness (QED) is 0.0807. The van der Waals surface area contributed by atoms with Crippen molar-refractivity contribution in [1.29, 1.82) is 0 Å². The van der Waals surface area contributed by atoms with Crippen molar-refractivity contribution in [1.82, 2.24) is 30.2 Å². The lowest BCUT2D eigenvalue weighted by atomic mass is 9.84. The number of carbonyl (C=O) groups is 2. The number of piperazine rings is 2. The third-order valence-electron chi connectivity index (χ3n) is 15.0. The van der Waals surface area contributed by atoms with E-state index >= 15 is 0 Å². The first-order chi connectivity index (χ1) is 33.9. The number of aldehydes is 2. The molecule has 6 bridgehead atoms. The highest BCUT2D eigenvalue weighted by Crippen LogP contribution is 2.37. The van der Waals surface area contributed by atoms with Gasteiger partial charge in [0.05, 0.1) is 11.1 Å². The van der Waals surface area contributed by atoms with Crippen LogP contribution in [-0.4, -0.2) is 126 Å². The number of benzene rings is 4. The fourth-order valence-electron chi connectivity index (χ4n) is 9.93. The van der Waals surface area contributed by atoms with Gasteiger partial charge in [0.1, 0.15) is 23.0 Å². The summed E-state index contributed by atoms with van der Waals surface area (Å²) in [4.78, 5) is 32.5. The molecular formula is C61H90BN6O6. The van der Waals surface area contributed by atoms with Crippen molar-refractivity contribution in [2.45, 2.75) is 158 Å². The Morgan fingerprint density at radius 1 is 0.459 bits per heavy atom. The van der Waals surface area contributed by atoms with Crippen LogP contribution in [0.5, 0.6) is 23.0 Å². The summed E-state index contributed by atoms with van der Waals surface area (Å²) in [6.45, 7) is 43.0. The van der Waals surface area contributed by atoms with Crippen LogP contribution in [0.15, 0.2) is 48.5 Å². The van der Waals surface area contributed by atoms with Crippen LogP contribution in [0.3, 0.4) is 0 Å². The second kappa shape index (κ2) is 24.1. The van der Waals surface area contributed by atoms with Crippen molar-refractivity contribution in [2.24, 2.45) is 5.41 Å². The minimum atomic E-state index is -0.122. The number of hydrogen-bond donors (Lipinski definition) is 6. The predicted molar refractivity (Wildman–Crippen MR) is 302 cm³/mol. The Labute approximate surface area is 446 Å². The summed E-state index contributed by atoms with van der Waals surface area (Å²) in [5.74, 6) is 0.997. The molecule has 0 aliphatic carbocycles. The number of rotatable bonds is 6. The van der Waals surface area contributed by atoms with E-state index in [4.69, 9.17) is 0 Å². The first-order valence-electron chi connectivity index (χ1n) is 26.6. The molecule has 6 N–H and O–H groups in total. The highest BCUT2D eigenvalue weighted by Gasteiger charge is 2.28. The van der Waals surface area contributed by atoms with Gasteiger partial charge >= 0.3 is 0 Å². The summed E-state index contributed by atoms with van der Waals surface area (Å²) in [7, 11) is 0. The van der Waals surface area contributed by atoms with Crippen LogP contribution >= 0.6 is 0 Å². The first kappa shape index (κ1) is 60.1. The summed E-state index contributed by atoms with van der Waals surface area (Å²) in [5.41, 5.74) is 10.6. The molecule has 0 amide bonds. The summed E-state index contributed by atoms with van der Waals surface area (Å²) in [5, 5.41) is 51.1. The molecule has 12 nitrogen and oxygen atoms in total. The average molecular weight is 1010 g/mol. The Kier molecular flexibility index (Phi) is 19.5. The van der Waals surface area contributed by atoms with E-state index in [9.17, 15) is 30.0 Å². The van der Waals surface area contributed by atoms with Crippen LogP contribution in [0.25, 0.3) is 0 Å². The molecule has 4 aromatic rings. The molecule has 2 fully saturated rings. The highest BCUT2D eigenvalue weighted by molar-refractivity contribution is 5.81. The molecule has 8 rings (SSSR count). The topological polar surface area (TPSA) is 152 Å². The van der Waals surface area contributed by atoms with Crippen LogP contribution in [0, 0.1) is 5.41 Å². The SMILES string of the molecule is CC(C)(C)c1cc(C=O)c(O)c(CN2CCN(Cc3cc(C(C)(C)C)cc(C=O)c3O)CC2)c1.CC1(C)CNCc2cc(C(C)(C)C)cc(c2O)CN2CCN(CC2)Cc2cc(C(C)(C)C)cc(c2O)CNC1.[B]. The molecule has 0 saturated carbocycles. The average Bonchev–Trinajstić information content (AvgIpc) is 3.29. The Morgan fingerprint density at radius 3 is 1.05 bits per heavy atom. The van der Waals surface area contributed by atoms with E-state index in [1.54, 1.807) is 12.1 Å². The van der Waals surface area contributed by atoms with E-state index in [2.05, 4.69) is 151 Å². The second-order valence-electron chi connectivity index (χ2n) is 26.1. The summed E-state index contributed by atoms with van der Waals surface area (Å²) < 4.78 is 0. The molecule has 4 aliphatic heterocycles. The number of phenolic OH excluding ortho intramolecular Hbond substituents is 4. The Morgan fingerprint density at radius 2 is 0.757 bits per heavy atom. The zero-order chi connectivity index (χ0) is 53.8. The van der Waals surface area contributed by atoms with Crippen LogP contribution < -0.4 is 10.6 Å². The van der Waals surface area contributed by atoms with Gasteiger partial charge in [-0.15, -0.1) is 0 Å². The minimum absolute atomic E-state index is 0. The summed E-state index contributed by atoms with van der Waals surface area (Å²) in [6, 6.07) is 16.3. The van der Waals surface area contributed by atoms with Crippen molar-refractivity contribution in [2.75, 3.05) is 65.4 Å². The van der Waals surface area contributed by atoms with Gasteiger partial charge in [-0.1, -0.05) is 133 Å². The molecule has 403 valence electrons. The highest BCUT2D eigenvalue weighted by atomic mass is 16.3. The number of fused-ring (bicyclic) bond motifs is 8. The van der Waals surface area contributed by atoms with Gasteiger partial charge in [0.25, 0.3) is 0 Å². The fraction of sp³-hybridized carbons (Fsp3) is 0.574. The smallest absolute Gasteiger partial charge is 0.153 e. The van der Waals surface area contributed by atoms with E-state index in [0.717, 1.165) is 136 Å². The molecule has 2 saturated heterocycles. The van der Waals surface area contributed by atoms with Gasteiger partial charge in [0.15, 0.2) is 12.6 Å². The number of carbonyl (C=O) groups excluding carboxylic acids is 2. The van der Waals surface area contributed by atoms with Crippen molar-refractivity contribution in [3.8, 4) is 23.0 Å². The van der Waals surface area contributed by atoms with Gasteiger partial charge in [-0.2, -0.15) is 0 Å². The number of phenols is 4. The molecule has 0 aromatic heterocycles. The Balaban J connectivity index is 0.000000273. The van der Waals surface area contributed by atoms with Crippen LogP contribution in [0.1, 0.15) is 173 Å². The molecule has 4 aromatic carbocycles. The Bertz CT molecular complexity index is 2390. The maximum Gasteiger partial charge on any atom is 0.153 e. The molecule has 0 unspecified atom stereocenters. The van der Waals surface area contributed by atoms with E-state index in [1.807, 2.05) is 12.1 Å². The Hall–Kier alpha value is -4.76. The van der Waals surface area contributed by atoms with Gasteiger partial charge in [-0.05, 0) is 61.5 Å². The molecule has 4 heterocycles. The lowest BCUT2D eigenvalue weighted by Gasteiger charge is -2.35. The third kappa shape index (κ3) is 15.7. The summed E-state index contributed by atoms with van der Waals surface area (Å²) >= 11 is 0. The van der Waals surface area contributed by atoms with Gasteiger partial charge in [0, 0.05) is 147 Å². The fourth-order valence-corrected chi connectivity index (χ4v) is 9.93. The predicted octanol–water partition coefficient (Wildman–Crippen LogP) is 9.48. The molecule has 13 heteroatoms. The molecule has 0 spiro atoms. The van der Waals surface area contributed by atoms with Crippen LogP contribution in [-0.2, 0) is 60.9 Å². The molecule has 4 aliphatic rings. The van der Waals surface area contributed by atoms with Crippen molar-refractivity contribution in [3.63, 3.8) is 0 Å². The number of hydrogen-bond acceptors (Lipinski definition) is 12. The zero-order valence-corrected chi connectivity index (χ0v) is 47.6. The second-order valence-corrected chi connectivity index (χ2v) is 26.1. The van der Waals surface area contributed by atoms with Crippen LogP contribution in [0.4, 0.5) is 0 Å². The van der Waals surface area contributed by atoms with Crippen molar-refractivity contribution < 1.29 is 30.0 Å². The minimum Gasteiger partial charge on any atom is -0.507 e. The lowest BCUT2D eigenvalue weighted by Crippen LogP contribution is -2.45. The van der Waals surface area contributed by atoms with Crippen LogP contribution in [0.2, 0.25) is 0 Å². The number of nitrogens with zero attached hydrogens (tertiary/aromatic N) is 4. The van der Waals surface area contributed by atoms with E-state index in [-0.39, 0.29) is 47.0 Å². The number of nitrogens with one attached hydrogen (secondary N) is 2. The molecular weight excluding hydrogens is 924 g/mol. The molecule has 3 radical (unpaired) electrons. The van der Waals surface area contributed by atoms with E-state index in [0.29, 0.717) is 48.8 Å². The normalized spacial score (nSPS) is 19.5. The van der Waals surface area contributed by atoms with Gasteiger partial charge in [-0.3, -0.25) is 29.2 Å². The third-order valence-corrected chi connectivity index (χ3v) is 15.0.